The van der Waals surface area contributed by atoms with Crippen molar-refractivity contribution in [3.63, 3.8) is 0 Å². The molecule has 1 amide bonds. The summed E-state index contributed by atoms with van der Waals surface area (Å²) in [5.41, 5.74) is 5.00. The first-order valence-electron chi connectivity index (χ1n) is 7.83. The van der Waals surface area contributed by atoms with Crippen LogP contribution >= 0.6 is 0 Å². The lowest BCUT2D eigenvalue weighted by Gasteiger charge is -2.36. The smallest absolute Gasteiger partial charge is 0.226 e. The summed E-state index contributed by atoms with van der Waals surface area (Å²) >= 11 is 0. The van der Waals surface area contributed by atoms with E-state index < -0.39 is 5.54 Å². The fourth-order valence-electron chi connectivity index (χ4n) is 3.62. The topological polar surface area (TPSA) is 87.7 Å². The molecule has 2 saturated carbocycles. The number of oxime groups is 1. The number of carbonyl (C=O) groups is 1. The average Bonchev–Trinajstić information content (AvgIpc) is 2.75. The molecule has 114 valence electrons. The normalized spacial score (nSPS) is 25.9. The van der Waals surface area contributed by atoms with Gasteiger partial charge in [-0.2, -0.15) is 0 Å². The first-order valence-corrected chi connectivity index (χ1v) is 7.83. The lowest BCUT2D eigenvalue weighted by atomic mass is 9.83. The van der Waals surface area contributed by atoms with Crippen LogP contribution in [0.3, 0.4) is 0 Å². The predicted octanol–water partition coefficient (Wildman–Crippen LogP) is 2.52. The monoisotopic (exact) mass is 281 g/mol. The van der Waals surface area contributed by atoms with Gasteiger partial charge in [0.15, 0.2) is 5.84 Å². The van der Waals surface area contributed by atoms with E-state index in [9.17, 15) is 4.79 Å². The molecular weight excluding hydrogens is 254 g/mol. The van der Waals surface area contributed by atoms with Gasteiger partial charge in [0, 0.05) is 5.41 Å². The van der Waals surface area contributed by atoms with Crippen LogP contribution in [0.25, 0.3) is 0 Å². The van der Waals surface area contributed by atoms with Gasteiger partial charge in [-0.1, -0.05) is 50.6 Å². The van der Waals surface area contributed by atoms with Crippen molar-refractivity contribution < 1.29 is 10.0 Å². The molecule has 0 aromatic carbocycles. The second-order valence-electron chi connectivity index (χ2n) is 6.70. The Morgan fingerprint density at radius 3 is 2.05 bits per heavy atom. The van der Waals surface area contributed by atoms with Crippen LogP contribution in [0.2, 0.25) is 0 Å². The Balaban J connectivity index is 2.17. The Morgan fingerprint density at radius 2 is 1.55 bits per heavy atom. The van der Waals surface area contributed by atoms with E-state index in [0.29, 0.717) is 0 Å². The predicted molar refractivity (Wildman–Crippen MR) is 78.6 cm³/mol. The molecule has 0 bridgehead atoms. The highest BCUT2D eigenvalue weighted by Gasteiger charge is 2.43. The zero-order valence-electron chi connectivity index (χ0n) is 12.5. The van der Waals surface area contributed by atoms with Crippen molar-refractivity contribution in [3.05, 3.63) is 0 Å². The van der Waals surface area contributed by atoms with E-state index in [0.717, 1.165) is 64.2 Å². The highest BCUT2D eigenvalue weighted by atomic mass is 16.4. The van der Waals surface area contributed by atoms with Gasteiger partial charge >= 0.3 is 0 Å². The molecule has 0 saturated heterocycles. The zero-order chi connectivity index (χ0) is 14.6. The molecule has 2 fully saturated rings. The molecule has 0 aliphatic heterocycles. The molecule has 2 rings (SSSR count). The van der Waals surface area contributed by atoms with Crippen molar-refractivity contribution in [2.45, 2.75) is 76.7 Å². The van der Waals surface area contributed by atoms with E-state index in [1.807, 2.05) is 6.92 Å². The SMILES string of the molecule is CC1(C(=O)NC2(C(N)=NO)CCCCCC2)CCCC1. The second-order valence-corrected chi connectivity index (χ2v) is 6.70. The molecule has 5 heteroatoms. The molecule has 4 N–H and O–H groups in total. The standard InChI is InChI=1S/C15H27N3O2/c1-14(8-6-7-9-14)13(19)17-15(12(16)18-20)10-4-2-3-5-11-15/h20H,2-11H2,1H3,(H2,16,18)(H,17,19). The number of nitrogens with one attached hydrogen (secondary N) is 1. The van der Waals surface area contributed by atoms with Crippen LogP contribution in [0.15, 0.2) is 5.16 Å². The molecule has 0 heterocycles. The van der Waals surface area contributed by atoms with E-state index in [2.05, 4.69) is 10.5 Å². The number of rotatable bonds is 3. The van der Waals surface area contributed by atoms with Crippen molar-refractivity contribution in [3.8, 4) is 0 Å². The summed E-state index contributed by atoms with van der Waals surface area (Å²) in [5.74, 6) is 0.234. The third kappa shape index (κ3) is 2.91. The van der Waals surface area contributed by atoms with Gasteiger partial charge in [-0.15, -0.1) is 0 Å². The van der Waals surface area contributed by atoms with Crippen molar-refractivity contribution in [1.82, 2.24) is 5.32 Å². The summed E-state index contributed by atoms with van der Waals surface area (Å²) in [6, 6.07) is 0. The molecule has 0 spiro atoms. The van der Waals surface area contributed by atoms with Gasteiger partial charge in [0.25, 0.3) is 0 Å². The van der Waals surface area contributed by atoms with Crippen LogP contribution in [0.5, 0.6) is 0 Å². The summed E-state index contributed by atoms with van der Waals surface area (Å²) < 4.78 is 0. The van der Waals surface area contributed by atoms with Crippen LogP contribution in [0.1, 0.15) is 71.1 Å². The maximum absolute atomic E-state index is 12.7. The van der Waals surface area contributed by atoms with E-state index in [-0.39, 0.29) is 17.2 Å². The van der Waals surface area contributed by atoms with Crippen LogP contribution in [0.4, 0.5) is 0 Å². The number of hydrogen-bond donors (Lipinski definition) is 3. The van der Waals surface area contributed by atoms with Gasteiger partial charge in [-0.05, 0) is 25.7 Å². The summed E-state index contributed by atoms with van der Waals surface area (Å²) in [7, 11) is 0. The van der Waals surface area contributed by atoms with Crippen molar-refractivity contribution in [2.24, 2.45) is 16.3 Å². The number of nitrogens with two attached hydrogens (primary N) is 1. The lowest BCUT2D eigenvalue weighted by Crippen LogP contribution is -2.59. The van der Waals surface area contributed by atoms with E-state index in [1.165, 1.54) is 0 Å². The van der Waals surface area contributed by atoms with E-state index in [1.54, 1.807) is 0 Å². The minimum Gasteiger partial charge on any atom is -0.409 e. The number of carbonyl (C=O) groups excluding carboxylic acids is 1. The first-order chi connectivity index (χ1) is 9.52. The molecule has 0 unspecified atom stereocenters. The number of nitrogens with zero attached hydrogens (tertiary/aromatic N) is 1. The number of hydrogen-bond acceptors (Lipinski definition) is 3. The molecule has 2 aliphatic carbocycles. The Labute approximate surface area is 121 Å². The summed E-state index contributed by atoms with van der Waals surface area (Å²) in [6.07, 6.45) is 9.94. The largest absolute Gasteiger partial charge is 0.409 e. The molecule has 0 radical (unpaired) electrons. The quantitative estimate of drug-likeness (QED) is 0.244. The fraction of sp³-hybridized carbons (Fsp3) is 0.867. The average molecular weight is 281 g/mol. The summed E-state index contributed by atoms with van der Waals surface area (Å²) in [4.78, 5) is 12.7. The van der Waals surface area contributed by atoms with Crippen molar-refractivity contribution in [1.29, 1.82) is 0 Å². The van der Waals surface area contributed by atoms with E-state index in [4.69, 9.17) is 10.9 Å². The Bertz CT molecular complexity index is 379. The maximum atomic E-state index is 12.7. The molecular formula is C15H27N3O2. The minimum absolute atomic E-state index is 0.0727. The van der Waals surface area contributed by atoms with Crippen LogP contribution in [-0.4, -0.2) is 22.5 Å². The van der Waals surface area contributed by atoms with Gasteiger partial charge in [-0.3, -0.25) is 4.79 Å². The highest BCUT2D eigenvalue weighted by molar-refractivity contribution is 5.95. The molecule has 5 nitrogen and oxygen atoms in total. The lowest BCUT2D eigenvalue weighted by molar-refractivity contribution is -0.131. The van der Waals surface area contributed by atoms with Gasteiger partial charge in [0.2, 0.25) is 5.91 Å². The number of amidine groups is 1. The van der Waals surface area contributed by atoms with Crippen molar-refractivity contribution in [2.75, 3.05) is 0 Å². The minimum atomic E-state index is -0.645. The molecule has 2 aliphatic rings. The van der Waals surface area contributed by atoms with Crippen molar-refractivity contribution >= 4 is 11.7 Å². The van der Waals surface area contributed by atoms with Gasteiger partial charge in [0.1, 0.15) is 5.54 Å². The zero-order valence-corrected chi connectivity index (χ0v) is 12.5. The molecule has 0 atom stereocenters. The Hall–Kier alpha value is -1.26. The highest BCUT2D eigenvalue weighted by Crippen LogP contribution is 2.39. The first kappa shape index (κ1) is 15.1. The number of amides is 1. The molecule has 0 aromatic heterocycles. The third-order valence-corrected chi connectivity index (χ3v) is 5.16. The summed E-state index contributed by atoms with van der Waals surface area (Å²) in [6.45, 7) is 2.03. The van der Waals surface area contributed by atoms with Gasteiger partial charge in [0.05, 0.1) is 0 Å². The Morgan fingerprint density at radius 1 is 1.05 bits per heavy atom. The van der Waals surface area contributed by atoms with E-state index >= 15 is 0 Å². The second kappa shape index (κ2) is 6.02. The van der Waals surface area contributed by atoms with Crippen LogP contribution in [-0.2, 0) is 4.79 Å². The van der Waals surface area contributed by atoms with Crippen LogP contribution < -0.4 is 11.1 Å². The van der Waals surface area contributed by atoms with Gasteiger partial charge in [-0.25, -0.2) is 0 Å². The molecule has 0 aromatic rings. The fourth-order valence-corrected chi connectivity index (χ4v) is 3.62. The third-order valence-electron chi connectivity index (χ3n) is 5.16. The maximum Gasteiger partial charge on any atom is 0.226 e. The molecule has 20 heavy (non-hydrogen) atoms. The summed E-state index contributed by atoms with van der Waals surface area (Å²) in [5, 5.41) is 15.5. The Kier molecular flexibility index (Phi) is 4.55. The van der Waals surface area contributed by atoms with Gasteiger partial charge < -0.3 is 16.3 Å². The van der Waals surface area contributed by atoms with Crippen LogP contribution in [0, 0.1) is 5.41 Å².